The van der Waals surface area contributed by atoms with E-state index < -0.39 is 7.32 Å². The van der Waals surface area contributed by atoms with Crippen LogP contribution in [0.5, 0.6) is 0 Å². The number of rotatable bonds is 0. The molecular formula is CH8BLiO3. The Morgan fingerprint density at radius 3 is 1.17 bits per heavy atom. The van der Waals surface area contributed by atoms with Crippen LogP contribution in [0.25, 0.3) is 0 Å². The summed E-state index contributed by atoms with van der Waals surface area (Å²) in [5.74, 6) is 0. The van der Waals surface area contributed by atoms with Crippen molar-refractivity contribution in [1.82, 2.24) is 0 Å². The quantitative estimate of drug-likeness (QED) is 0.261. The Bertz CT molecular complexity index is 19.7. The van der Waals surface area contributed by atoms with E-state index in [1.807, 2.05) is 0 Å². The van der Waals surface area contributed by atoms with Crippen LogP contribution in [0.3, 0.4) is 0 Å². The summed E-state index contributed by atoms with van der Waals surface area (Å²) < 4.78 is 0. The molecule has 0 unspecified atom stereocenters. The standard InChI is InChI=1S/CH4.BH3O3.Li.H/c;2-1(3)4;;/h1H4;2-4H;;/q;;+1;-1. The van der Waals surface area contributed by atoms with Crippen LogP contribution in [0, 0.1) is 0 Å². The van der Waals surface area contributed by atoms with Crippen molar-refractivity contribution in [2.45, 2.75) is 7.43 Å². The molecule has 0 aromatic heterocycles. The van der Waals surface area contributed by atoms with Gasteiger partial charge in [-0.1, -0.05) is 7.43 Å². The molecule has 0 spiro atoms. The van der Waals surface area contributed by atoms with Gasteiger partial charge in [0.15, 0.2) is 0 Å². The van der Waals surface area contributed by atoms with Crippen molar-refractivity contribution in [2.24, 2.45) is 0 Å². The van der Waals surface area contributed by atoms with Gasteiger partial charge in [0.25, 0.3) is 0 Å². The molecule has 0 heterocycles. The molecule has 0 aliphatic heterocycles. The second-order valence-electron chi connectivity index (χ2n) is 0.346. The van der Waals surface area contributed by atoms with E-state index in [2.05, 4.69) is 0 Å². The molecule has 0 saturated carbocycles. The fourth-order valence-electron chi connectivity index (χ4n) is 0. The zero-order chi connectivity index (χ0) is 3.58. The van der Waals surface area contributed by atoms with Gasteiger partial charge in [-0.2, -0.15) is 0 Å². The molecule has 3 nitrogen and oxygen atoms in total. The van der Waals surface area contributed by atoms with Gasteiger partial charge in [0.05, 0.1) is 0 Å². The maximum atomic E-state index is 7.17. The zero-order valence-electron chi connectivity index (χ0n) is 3.92. The Balaban J connectivity index is -0.0000000150. The topological polar surface area (TPSA) is 60.7 Å². The first kappa shape index (κ1) is 16.0. The molecule has 3 N–H and O–H groups in total. The Hall–Kier alpha value is 0.542. The van der Waals surface area contributed by atoms with Gasteiger partial charge in [-0.15, -0.1) is 0 Å². The summed E-state index contributed by atoms with van der Waals surface area (Å²) in [5.41, 5.74) is 0. The Morgan fingerprint density at radius 1 is 1.17 bits per heavy atom. The molecule has 0 radical (unpaired) electrons. The molecule has 0 aromatic rings. The zero-order valence-corrected chi connectivity index (χ0v) is 2.92. The van der Waals surface area contributed by atoms with Crippen molar-refractivity contribution >= 4 is 7.32 Å². The molecule has 0 aliphatic rings. The second kappa shape index (κ2) is 9.11. The Morgan fingerprint density at radius 2 is 1.17 bits per heavy atom. The monoisotopic (exact) mass is 86.1 g/mol. The molecule has 0 fully saturated rings. The first-order valence-corrected chi connectivity index (χ1v) is 0.775. The molecule has 0 atom stereocenters. The number of hydrogen-bond donors (Lipinski definition) is 3. The van der Waals surface area contributed by atoms with Crippen LogP contribution in [0.2, 0.25) is 0 Å². The van der Waals surface area contributed by atoms with Crippen LogP contribution >= 0.6 is 0 Å². The molecule has 0 aromatic carbocycles. The van der Waals surface area contributed by atoms with Crippen LogP contribution in [0.15, 0.2) is 0 Å². The van der Waals surface area contributed by atoms with Crippen LogP contribution in [-0.4, -0.2) is 22.4 Å². The van der Waals surface area contributed by atoms with Crippen LogP contribution < -0.4 is 18.9 Å². The maximum absolute atomic E-state index is 7.17. The SMILES string of the molecule is C.OB(O)O.[H-].[Li+]. The third-order valence-corrected chi connectivity index (χ3v) is 0. The predicted molar refractivity (Wildman–Crippen MR) is 20.3 cm³/mol. The predicted octanol–water partition coefficient (Wildman–Crippen LogP) is -4.30. The molecule has 0 saturated heterocycles. The third kappa shape index (κ3) is 194. The molecule has 34 valence electrons. The average molecular weight is 85.8 g/mol. The molecule has 5 heteroatoms. The van der Waals surface area contributed by atoms with Gasteiger partial charge in [-0.05, 0) is 0 Å². The second-order valence-corrected chi connectivity index (χ2v) is 0.346. The van der Waals surface area contributed by atoms with Crippen LogP contribution in [0.1, 0.15) is 8.85 Å². The van der Waals surface area contributed by atoms with E-state index in [-0.39, 0.29) is 27.7 Å². The molecule has 0 aliphatic carbocycles. The fourth-order valence-corrected chi connectivity index (χ4v) is 0. The molecule has 0 rings (SSSR count). The normalized spacial score (nSPS) is 4.50. The van der Waals surface area contributed by atoms with E-state index in [9.17, 15) is 0 Å². The van der Waals surface area contributed by atoms with Gasteiger partial charge in [-0.25, -0.2) is 0 Å². The first-order valence-electron chi connectivity index (χ1n) is 0.775. The van der Waals surface area contributed by atoms with Crippen molar-refractivity contribution in [3.8, 4) is 0 Å². The van der Waals surface area contributed by atoms with Crippen molar-refractivity contribution in [1.29, 1.82) is 0 Å². The van der Waals surface area contributed by atoms with Gasteiger partial charge < -0.3 is 16.5 Å². The molecule has 0 amide bonds. The number of hydrogen-bond acceptors (Lipinski definition) is 3. The van der Waals surface area contributed by atoms with E-state index in [4.69, 9.17) is 15.1 Å². The largest absolute Gasteiger partial charge is 1.00 e. The van der Waals surface area contributed by atoms with Gasteiger partial charge in [0, 0.05) is 0 Å². The Kier molecular flexibility index (Phi) is 24.3. The summed E-state index contributed by atoms with van der Waals surface area (Å²) in [7, 11) is -2.17. The first-order chi connectivity index (χ1) is 1.73. The van der Waals surface area contributed by atoms with Crippen LogP contribution in [0.4, 0.5) is 0 Å². The molecule has 0 bridgehead atoms. The summed E-state index contributed by atoms with van der Waals surface area (Å²) in [6.07, 6.45) is 0. The van der Waals surface area contributed by atoms with Crippen LogP contribution in [-0.2, 0) is 0 Å². The average Bonchev–Trinajstić information content (AvgIpc) is 0.811. The maximum Gasteiger partial charge on any atom is 1.00 e. The van der Waals surface area contributed by atoms with Gasteiger partial charge in [0.2, 0.25) is 0 Å². The van der Waals surface area contributed by atoms with E-state index in [1.165, 1.54) is 0 Å². The summed E-state index contributed by atoms with van der Waals surface area (Å²) in [4.78, 5) is 0. The minimum absolute atomic E-state index is 0. The van der Waals surface area contributed by atoms with Gasteiger partial charge in [-0.3, -0.25) is 0 Å². The smallest absolute Gasteiger partial charge is 1.00 e. The van der Waals surface area contributed by atoms with E-state index in [0.29, 0.717) is 0 Å². The fraction of sp³-hybridized carbons (Fsp3) is 1.00. The van der Waals surface area contributed by atoms with E-state index in [0.717, 1.165) is 0 Å². The minimum atomic E-state index is -2.17. The van der Waals surface area contributed by atoms with Crippen molar-refractivity contribution in [3.63, 3.8) is 0 Å². The minimum Gasteiger partial charge on any atom is -1.00 e. The van der Waals surface area contributed by atoms with Crippen molar-refractivity contribution in [3.05, 3.63) is 0 Å². The summed E-state index contributed by atoms with van der Waals surface area (Å²) in [5, 5.41) is 21.5. The summed E-state index contributed by atoms with van der Waals surface area (Å²) in [6, 6.07) is 0. The van der Waals surface area contributed by atoms with E-state index >= 15 is 0 Å². The van der Waals surface area contributed by atoms with Crippen molar-refractivity contribution < 1.29 is 35.4 Å². The Labute approximate surface area is 50.8 Å². The van der Waals surface area contributed by atoms with Gasteiger partial charge >= 0.3 is 26.2 Å². The van der Waals surface area contributed by atoms with Crippen molar-refractivity contribution in [2.75, 3.05) is 0 Å². The summed E-state index contributed by atoms with van der Waals surface area (Å²) in [6.45, 7) is 0. The summed E-state index contributed by atoms with van der Waals surface area (Å²) >= 11 is 0. The molecule has 6 heavy (non-hydrogen) atoms. The van der Waals surface area contributed by atoms with Gasteiger partial charge in [0.1, 0.15) is 0 Å². The third-order valence-electron chi connectivity index (χ3n) is 0. The van der Waals surface area contributed by atoms with E-state index in [1.54, 1.807) is 0 Å². The molecular weight excluding hydrogens is 77.8 g/mol.